The second-order valence-corrected chi connectivity index (χ2v) is 5.86. The van der Waals surface area contributed by atoms with Gasteiger partial charge in [-0.25, -0.2) is 0 Å². The molecule has 0 aliphatic heterocycles. The number of aryl methyl sites for hydroxylation is 1. The van der Waals surface area contributed by atoms with Gasteiger partial charge in [-0.2, -0.15) is 5.26 Å². The quantitative estimate of drug-likeness (QED) is 0.703. The maximum atomic E-state index is 10.8. The fraction of sp³-hybridized carbons (Fsp3) is 0.316. The lowest BCUT2D eigenvalue weighted by Crippen LogP contribution is -2.03. The zero-order valence-electron chi connectivity index (χ0n) is 13.6. The third-order valence-electron chi connectivity index (χ3n) is 3.71. The van der Waals surface area contributed by atoms with E-state index in [0.29, 0.717) is 18.1 Å². The second kappa shape index (κ2) is 7.55. The number of nitrogens with zero attached hydrogens (tertiary/aromatic N) is 2. The van der Waals surface area contributed by atoms with Gasteiger partial charge in [0.15, 0.2) is 0 Å². The van der Waals surface area contributed by atoms with E-state index in [1.807, 2.05) is 37.3 Å². The first-order chi connectivity index (χ1) is 11.0. The van der Waals surface area contributed by atoms with E-state index in [1.165, 1.54) is 5.56 Å². The summed E-state index contributed by atoms with van der Waals surface area (Å²) in [5, 5.41) is 11.9. The van der Waals surface area contributed by atoms with Crippen molar-refractivity contribution in [2.75, 3.05) is 0 Å². The maximum absolute atomic E-state index is 10.8. The van der Waals surface area contributed by atoms with Gasteiger partial charge in [0.1, 0.15) is 12.4 Å². The van der Waals surface area contributed by atoms with Gasteiger partial charge in [-0.3, -0.25) is 0 Å². The fourth-order valence-electron chi connectivity index (χ4n) is 2.44. The van der Waals surface area contributed by atoms with Crippen molar-refractivity contribution in [3.05, 3.63) is 69.6 Å². The SMILES string of the molecule is Cc1cc(OCc2ccccc2C(C#N)N=O)cc(C(C)C)c1. The van der Waals surface area contributed by atoms with Crippen molar-refractivity contribution in [2.24, 2.45) is 5.18 Å². The number of benzene rings is 2. The van der Waals surface area contributed by atoms with Crippen LogP contribution in [0.4, 0.5) is 0 Å². The van der Waals surface area contributed by atoms with E-state index < -0.39 is 6.04 Å². The molecule has 0 N–H and O–H groups in total. The summed E-state index contributed by atoms with van der Waals surface area (Å²) in [6.07, 6.45) is 0. The minimum absolute atomic E-state index is 0.296. The molecule has 4 heteroatoms. The van der Waals surface area contributed by atoms with E-state index in [0.717, 1.165) is 16.9 Å². The van der Waals surface area contributed by atoms with E-state index in [4.69, 9.17) is 10.00 Å². The Morgan fingerprint density at radius 3 is 2.61 bits per heavy atom. The van der Waals surface area contributed by atoms with E-state index in [2.05, 4.69) is 25.1 Å². The number of hydrogen-bond acceptors (Lipinski definition) is 4. The van der Waals surface area contributed by atoms with Gasteiger partial charge in [0.2, 0.25) is 6.04 Å². The Morgan fingerprint density at radius 2 is 1.96 bits per heavy atom. The summed E-state index contributed by atoms with van der Waals surface area (Å²) in [6.45, 7) is 6.61. The van der Waals surface area contributed by atoms with E-state index in [9.17, 15) is 4.91 Å². The highest BCUT2D eigenvalue weighted by Crippen LogP contribution is 2.25. The van der Waals surface area contributed by atoms with Crippen LogP contribution in [-0.2, 0) is 6.61 Å². The Morgan fingerprint density at radius 1 is 1.22 bits per heavy atom. The van der Waals surface area contributed by atoms with Crippen LogP contribution in [0.15, 0.2) is 47.6 Å². The molecule has 0 aromatic heterocycles. The molecule has 4 nitrogen and oxygen atoms in total. The first-order valence-electron chi connectivity index (χ1n) is 7.59. The summed E-state index contributed by atoms with van der Waals surface area (Å²) < 4.78 is 5.89. The van der Waals surface area contributed by atoms with Crippen LogP contribution in [0.25, 0.3) is 0 Å². The van der Waals surface area contributed by atoms with Crippen LogP contribution in [0.3, 0.4) is 0 Å². The molecule has 23 heavy (non-hydrogen) atoms. The van der Waals surface area contributed by atoms with Crippen molar-refractivity contribution in [1.82, 2.24) is 0 Å². The minimum atomic E-state index is -1.00. The number of nitroso groups, excluding NO2 is 1. The number of ether oxygens (including phenoxy) is 1. The molecule has 0 aliphatic rings. The van der Waals surface area contributed by atoms with Crippen molar-refractivity contribution in [3.8, 4) is 11.8 Å². The molecular formula is C19H20N2O2. The standard InChI is InChI=1S/C19H20N2O2/c1-13(2)16-8-14(3)9-17(10-16)23-12-15-6-4-5-7-18(15)19(11-20)21-22/h4-10,13,19H,12H2,1-3H3. The van der Waals surface area contributed by atoms with Crippen molar-refractivity contribution in [3.63, 3.8) is 0 Å². The highest BCUT2D eigenvalue weighted by Gasteiger charge is 2.15. The molecule has 0 bridgehead atoms. The average Bonchev–Trinajstić information content (AvgIpc) is 2.54. The van der Waals surface area contributed by atoms with E-state index in [-0.39, 0.29) is 0 Å². The Hall–Kier alpha value is -2.67. The number of nitriles is 1. The van der Waals surface area contributed by atoms with Crippen LogP contribution in [0.2, 0.25) is 0 Å². The highest BCUT2D eigenvalue weighted by atomic mass is 16.5. The van der Waals surface area contributed by atoms with Crippen molar-refractivity contribution >= 4 is 0 Å². The second-order valence-electron chi connectivity index (χ2n) is 5.86. The molecule has 0 saturated heterocycles. The predicted molar refractivity (Wildman–Crippen MR) is 90.2 cm³/mol. The minimum Gasteiger partial charge on any atom is -0.489 e. The van der Waals surface area contributed by atoms with Gasteiger partial charge < -0.3 is 4.74 Å². The van der Waals surface area contributed by atoms with Crippen LogP contribution in [0.5, 0.6) is 5.75 Å². The molecule has 0 radical (unpaired) electrons. The summed E-state index contributed by atoms with van der Waals surface area (Å²) in [5.41, 5.74) is 3.76. The predicted octanol–water partition coefficient (Wildman–Crippen LogP) is 5.03. The molecule has 1 atom stereocenters. The van der Waals surface area contributed by atoms with Crippen molar-refractivity contribution in [1.29, 1.82) is 5.26 Å². The van der Waals surface area contributed by atoms with Gasteiger partial charge in [-0.1, -0.05) is 44.2 Å². The molecular weight excluding hydrogens is 288 g/mol. The van der Waals surface area contributed by atoms with Crippen molar-refractivity contribution in [2.45, 2.75) is 39.3 Å². The average molecular weight is 308 g/mol. The number of hydrogen-bond donors (Lipinski definition) is 0. The summed E-state index contributed by atoms with van der Waals surface area (Å²) in [5.74, 6) is 1.21. The van der Waals surface area contributed by atoms with Gasteiger partial charge in [-0.05, 0) is 46.8 Å². The zero-order chi connectivity index (χ0) is 16.8. The zero-order valence-corrected chi connectivity index (χ0v) is 13.6. The third-order valence-corrected chi connectivity index (χ3v) is 3.71. The Labute approximate surface area is 136 Å². The summed E-state index contributed by atoms with van der Waals surface area (Å²) >= 11 is 0. The Balaban J connectivity index is 2.22. The molecule has 0 heterocycles. The van der Waals surface area contributed by atoms with Gasteiger partial charge in [0, 0.05) is 5.56 Å². The molecule has 2 rings (SSSR count). The van der Waals surface area contributed by atoms with Gasteiger partial charge in [0.25, 0.3) is 0 Å². The molecule has 0 fully saturated rings. The lowest BCUT2D eigenvalue weighted by Gasteiger charge is -2.14. The first-order valence-corrected chi connectivity index (χ1v) is 7.59. The van der Waals surface area contributed by atoms with Crippen molar-refractivity contribution < 1.29 is 4.74 Å². The Bertz CT molecular complexity index is 732. The van der Waals surface area contributed by atoms with Gasteiger partial charge in [0.05, 0.1) is 6.07 Å². The molecule has 1 unspecified atom stereocenters. The largest absolute Gasteiger partial charge is 0.489 e. The molecule has 2 aromatic carbocycles. The summed E-state index contributed by atoms with van der Waals surface area (Å²) in [6, 6.07) is 14.3. The first kappa shape index (κ1) is 16.7. The normalized spacial score (nSPS) is 11.8. The van der Waals surface area contributed by atoms with Crippen LogP contribution in [-0.4, -0.2) is 0 Å². The van der Waals surface area contributed by atoms with E-state index in [1.54, 1.807) is 12.1 Å². The van der Waals surface area contributed by atoms with Crippen LogP contribution < -0.4 is 4.74 Å². The number of rotatable bonds is 6. The maximum Gasteiger partial charge on any atom is 0.203 e. The molecule has 0 saturated carbocycles. The lowest BCUT2D eigenvalue weighted by molar-refractivity contribution is 0.304. The molecule has 0 spiro atoms. The van der Waals surface area contributed by atoms with E-state index >= 15 is 0 Å². The third kappa shape index (κ3) is 4.17. The van der Waals surface area contributed by atoms with Gasteiger partial charge >= 0.3 is 0 Å². The Kier molecular flexibility index (Phi) is 5.48. The molecule has 118 valence electrons. The summed E-state index contributed by atoms with van der Waals surface area (Å²) in [7, 11) is 0. The molecule has 0 amide bonds. The highest BCUT2D eigenvalue weighted by molar-refractivity contribution is 5.37. The molecule has 2 aromatic rings. The van der Waals surface area contributed by atoms with Crippen LogP contribution in [0, 0.1) is 23.2 Å². The smallest absolute Gasteiger partial charge is 0.203 e. The van der Waals surface area contributed by atoms with Crippen LogP contribution >= 0.6 is 0 Å². The fourth-order valence-corrected chi connectivity index (χ4v) is 2.44. The monoisotopic (exact) mass is 308 g/mol. The lowest BCUT2D eigenvalue weighted by atomic mass is 10.0. The molecule has 0 aliphatic carbocycles. The van der Waals surface area contributed by atoms with Gasteiger partial charge in [-0.15, -0.1) is 4.91 Å². The topological polar surface area (TPSA) is 62.4 Å². The van der Waals surface area contributed by atoms with Crippen LogP contribution in [0.1, 0.15) is 48.1 Å². The summed E-state index contributed by atoms with van der Waals surface area (Å²) in [4.78, 5) is 10.8.